The van der Waals surface area contributed by atoms with Crippen molar-refractivity contribution in [2.75, 3.05) is 26.2 Å². The van der Waals surface area contributed by atoms with E-state index in [1.165, 1.54) is 55.2 Å². The van der Waals surface area contributed by atoms with Gasteiger partial charge in [0.15, 0.2) is 0 Å². The third kappa shape index (κ3) is 6.38. The summed E-state index contributed by atoms with van der Waals surface area (Å²) in [5.41, 5.74) is 6.70. The van der Waals surface area contributed by atoms with Crippen LogP contribution in [-0.2, 0) is 23.9 Å². The summed E-state index contributed by atoms with van der Waals surface area (Å²) < 4.78 is 24.6. The Balaban J connectivity index is 1.42. The minimum Gasteiger partial charge on any atom is -0.326 e. The maximum Gasteiger partial charge on any atom is 0.214 e. The molecule has 0 spiro atoms. The van der Waals surface area contributed by atoms with Crippen LogP contribution in [0.4, 0.5) is 0 Å². The van der Waals surface area contributed by atoms with Gasteiger partial charge >= 0.3 is 0 Å². The van der Waals surface area contributed by atoms with Gasteiger partial charge in [-0.05, 0) is 106 Å². The lowest BCUT2D eigenvalue weighted by molar-refractivity contribution is 0.156. The summed E-state index contributed by atoms with van der Waals surface area (Å²) in [6.45, 7) is 9.61. The summed E-state index contributed by atoms with van der Waals surface area (Å²) in [6, 6.07) is 5.27. The third-order valence-corrected chi connectivity index (χ3v) is 9.66. The molecular weight excluding hydrogens is 484 g/mol. The number of pyridine rings is 1. The lowest BCUT2D eigenvalue weighted by Gasteiger charge is -2.40. The Morgan fingerprint density at radius 1 is 1.14 bits per heavy atom. The highest BCUT2D eigenvalue weighted by atomic mass is 32.2. The van der Waals surface area contributed by atoms with Crippen molar-refractivity contribution in [2.24, 2.45) is 17.8 Å². The molecule has 8 nitrogen and oxygen atoms in total. The van der Waals surface area contributed by atoms with Crippen LogP contribution in [0.3, 0.4) is 0 Å². The van der Waals surface area contributed by atoms with Crippen LogP contribution >= 0.6 is 0 Å². The first-order chi connectivity index (χ1) is 18.0. The molecule has 0 bridgehead atoms. The second-order valence-electron chi connectivity index (χ2n) is 11.9. The summed E-state index contributed by atoms with van der Waals surface area (Å²) in [7, 11) is -2.66. The number of hydrazine groups is 1. The summed E-state index contributed by atoms with van der Waals surface area (Å²) in [5, 5.41) is 5.16. The molecule has 206 valence electrons. The maximum absolute atomic E-state index is 11.0. The quantitative estimate of drug-likeness (QED) is 0.213. The molecule has 2 aromatic rings. The van der Waals surface area contributed by atoms with Crippen molar-refractivity contribution in [1.29, 1.82) is 0 Å². The number of thiol groups is 1. The Morgan fingerprint density at radius 3 is 2.65 bits per heavy atom. The minimum absolute atomic E-state index is 0.415. The van der Waals surface area contributed by atoms with Crippen LogP contribution in [-0.4, -0.2) is 55.1 Å². The monoisotopic (exact) mass is 530 g/mol. The highest BCUT2D eigenvalue weighted by Gasteiger charge is 2.34. The molecule has 2 atom stereocenters. The largest absolute Gasteiger partial charge is 0.326 e. The molecule has 9 heteroatoms. The molecule has 1 saturated carbocycles. The molecule has 2 aliphatic heterocycles. The van der Waals surface area contributed by atoms with E-state index in [0.717, 1.165) is 68.8 Å². The fourth-order valence-corrected chi connectivity index (χ4v) is 7.54. The fourth-order valence-electron chi connectivity index (χ4n) is 7.30. The number of rotatable bonds is 10. The SMILES string of the molecule is CC(C)[C@H]1CC[C@@H](C2CC(n3c(CCNN[SH](=O)=O)c(CN4CCCC4)c4cccnc43)CCN2)CC1. The molecule has 2 aromatic heterocycles. The Bertz CT molecular complexity index is 1090. The number of likely N-dealkylation sites (tertiary alicyclic amines) is 1. The zero-order valence-corrected chi connectivity index (χ0v) is 23.5. The standard InChI is InChI=1S/C28H46N6O2S/c1-20(2)21-7-9-22(10-8-21)26-18-23(11-14-29-26)34-27(12-15-31-32-37(35)36)25(19-33-16-3-4-17-33)24-6-5-13-30-28(24)34/h5-6,13,20-23,26,29,31,37H,3-4,7-12,14-19H2,1-2H3,(H,32,35,36)/t21-,22+,23?,26?. The van der Waals surface area contributed by atoms with Crippen LogP contribution in [0.5, 0.6) is 0 Å². The number of piperidine rings is 1. The molecule has 2 unspecified atom stereocenters. The van der Waals surface area contributed by atoms with E-state index in [4.69, 9.17) is 4.98 Å². The molecule has 3 fully saturated rings. The van der Waals surface area contributed by atoms with E-state index in [0.29, 0.717) is 18.6 Å². The van der Waals surface area contributed by atoms with E-state index in [-0.39, 0.29) is 0 Å². The highest BCUT2D eigenvalue weighted by molar-refractivity contribution is 7.70. The van der Waals surface area contributed by atoms with Crippen LogP contribution in [0, 0.1) is 17.8 Å². The van der Waals surface area contributed by atoms with Gasteiger partial charge in [-0.15, -0.1) is 0 Å². The Hall–Kier alpha value is -1.52. The zero-order valence-electron chi connectivity index (χ0n) is 22.6. The number of nitrogens with zero attached hydrogens (tertiary/aromatic N) is 3. The van der Waals surface area contributed by atoms with Crippen molar-refractivity contribution in [3.8, 4) is 0 Å². The molecule has 1 aliphatic carbocycles. The molecule has 37 heavy (non-hydrogen) atoms. The Kier molecular flexibility index (Phi) is 9.18. The molecule has 0 amide bonds. The number of aromatic nitrogens is 2. The van der Waals surface area contributed by atoms with Gasteiger partial charge in [0.25, 0.3) is 0 Å². The molecular formula is C28H46N6O2S. The predicted octanol–water partition coefficient (Wildman–Crippen LogP) is 3.55. The summed E-state index contributed by atoms with van der Waals surface area (Å²) >= 11 is 0. The van der Waals surface area contributed by atoms with Gasteiger partial charge in [-0.2, -0.15) is 4.83 Å². The van der Waals surface area contributed by atoms with Crippen molar-refractivity contribution in [3.05, 3.63) is 29.6 Å². The van der Waals surface area contributed by atoms with E-state index < -0.39 is 10.9 Å². The molecule has 4 heterocycles. The normalized spacial score (nSPS) is 27.6. The summed E-state index contributed by atoms with van der Waals surface area (Å²) in [4.78, 5) is 9.85. The summed E-state index contributed by atoms with van der Waals surface area (Å²) in [5.74, 6) is 2.45. The van der Waals surface area contributed by atoms with Gasteiger partial charge in [0.05, 0.1) is 0 Å². The smallest absolute Gasteiger partial charge is 0.214 e. The van der Waals surface area contributed by atoms with E-state index in [9.17, 15) is 8.42 Å². The van der Waals surface area contributed by atoms with Crippen LogP contribution in [0.15, 0.2) is 18.3 Å². The van der Waals surface area contributed by atoms with Gasteiger partial charge in [0.2, 0.25) is 10.9 Å². The van der Waals surface area contributed by atoms with E-state index in [1.807, 2.05) is 6.20 Å². The summed E-state index contributed by atoms with van der Waals surface area (Å²) in [6.07, 6.45) is 12.9. The topological polar surface area (TPSA) is 91.3 Å². The third-order valence-electron chi connectivity index (χ3n) is 9.32. The fraction of sp³-hybridized carbons (Fsp3) is 0.750. The number of fused-ring (bicyclic) bond motifs is 1. The van der Waals surface area contributed by atoms with Gasteiger partial charge in [0, 0.05) is 48.9 Å². The van der Waals surface area contributed by atoms with Crippen LogP contribution in [0.25, 0.3) is 11.0 Å². The van der Waals surface area contributed by atoms with E-state index in [2.05, 4.69) is 51.0 Å². The van der Waals surface area contributed by atoms with Gasteiger partial charge in [-0.1, -0.05) is 13.8 Å². The maximum atomic E-state index is 11.0. The first-order valence-corrected chi connectivity index (χ1v) is 15.7. The van der Waals surface area contributed by atoms with Crippen molar-refractivity contribution in [1.82, 2.24) is 30.0 Å². The lowest BCUT2D eigenvalue weighted by Crippen LogP contribution is -2.45. The van der Waals surface area contributed by atoms with Crippen LogP contribution in [0.2, 0.25) is 0 Å². The Morgan fingerprint density at radius 2 is 1.92 bits per heavy atom. The van der Waals surface area contributed by atoms with Gasteiger partial charge in [0.1, 0.15) is 5.65 Å². The first-order valence-electron chi connectivity index (χ1n) is 14.6. The molecule has 5 rings (SSSR count). The second-order valence-corrected chi connectivity index (χ2v) is 12.6. The molecule has 3 aliphatic rings. The lowest BCUT2D eigenvalue weighted by atomic mass is 9.73. The zero-order chi connectivity index (χ0) is 25.8. The van der Waals surface area contributed by atoms with Crippen LogP contribution < -0.4 is 15.6 Å². The van der Waals surface area contributed by atoms with E-state index >= 15 is 0 Å². The minimum atomic E-state index is -2.66. The van der Waals surface area contributed by atoms with Crippen molar-refractivity contribution < 1.29 is 8.42 Å². The molecule has 0 aromatic carbocycles. The highest BCUT2D eigenvalue weighted by Crippen LogP contribution is 2.40. The first kappa shape index (κ1) is 27.1. The Labute approximate surface area is 224 Å². The number of hydrogen-bond donors (Lipinski definition) is 4. The average Bonchev–Trinajstić information content (AvgIpc) is 3.53. The molecule has 2 saturated heterocycles. The van der Waals surface area contributed by atoms with Crippen molar-refractivity contribution in [2.45, 2.75) is 90.3 Å². The van der Waals surface area contributed by atoms with Crippen molar-refractivity contribution >= 4 is 21.9 Å². The predicted molar refractivity (Wildman–Crippen MR) is 150 cm³/mol. The molecule has 3 N–H and O–H groups in total. The van der Waals surface area contributed by atoms with E-state index in [1.54, 1.807) is 0 Å². The van der Waals surface area contributed by atoms with Gasteiger partial charge in [-0.25, -0.2) is 18.8 Å². The molecule has 0 radical (unpaired) electrons. The van der Waals surface area contributed by atoms with Gasteiger partial charge in [-0.3, -0.25) is 4.90 Å². The number of hydrogen-bond acceptors (Lipinski definition) is 6. The second kappa shape index (κ2) is 12.6. The van der Waals surface area contributed by atoms with Gasteiger partial charge < -0.3 is 9.88 Å². The number of nitrogens with one attached hydrogen (secondary N) is 3. The van der Waals surface area contributed by atoms with Crippen molar-refractivity contribution in [3.63, 3.8) is 0 Å². The average molecular weight is 531 g/mol. The van der Waals surface area contributed by atoms with Crippen LogP contribution in [0.1, 0.15) is 82.5 Å².